The summed E-state index contributed by atoms with van der Waals surface area (Å²) in [5, 5.41) is 0. The molecule has 1 amide bonds. The molecule has 0 aromatic heterocycles. The van der Waals surface area contributed by atoms with Crippen LogP contribution in [0.4, 0.5) is 0 Å². The molecule has 4 nitrogen and oxygen atoms in total. The second-order valence-electron chi connectivity index (χ2n) is 3.67. The first kappa shape index (κ1) is 10.5. The van der Waals surface area contributed by atoms with Gasteiger partial charge in [-0.3, -0.25) is 4.79 Å². The van der Waals surface area contributed by atoms with Gasteiger partial charge in [0.15, 0.2) is 0 Å². The van der Waals surface area contributed by atoms with Gasteiger partial charge in [0.05, 0.1) is 12.7 Å². The minimum absolute atomic E-state index is 0.0245. The molecule has 0 spiro atoms. The van der Waals surface area contributed by atoms with Crippen molar-refractivity contribution in [3.05, 3.63) is 0 Å². The van der Waals surface area contributed by atoms with Gasteiger partial charge in [-0.1, -0.05) is 13.8 Å². The quantitative estimate of drug-likeness (QED) is 0.651. The van der Waals surface area contributed by atoms with Gasteiger partial charge >= 0.3 is 0 Å². The van der Waals surface area contributed by atoms with Gasteiger partial charge in [-0.2, -0.15) is 0 Å². The number of carbonyl (C=O) groups is 1. The standard InChI is InChI=1S/C9H18N2O2/c1-7(2)9(12)11-3-4-13-8(5-10)6-11/h7-8H,3-6,10H2,1-2H3/t8-/m0/s1. The van der Waals surface area contributed by atoms with Gasteiger partial charge in [-0.25, -0.2) is 0 Å². The second kappa shape index (κ2) is 4.58. The Morgan fingerprint density at radius 3 is 2.92 bits per heavy atom. The van der Waals surface area contributed by atoms with Crippen LogP contribution in [0.5, 0.6) is 0 Å². The highest BCUT2D eigenvalue weighted by Gasteiger charge is 2.24. The fraction of sp³-hybridized carbons (Fsp3) is 0.889. The van der Waals surface area contributed by atoms with Crippen molar-refractivity contribution in [2.75, 3.05) is 26.2 Å². The van der Waals surface area contributed by atoms with Crippen molar-refractivity contribution in [1.82, 2.24) is 4.90 Å². The number of hydrogen-bond donors (Lipinski definition) is 1. The molecule has 0 radical (unpaired) electrons. The van der Waals surface area contributed by atoms with Crippen LogP contribution in [-0.4, -0.2) is 43.2 Å². The zero-order valence-electron chi connectivity index (χ0n) is 8.32. The van der Waals surface area contributed by atoms with Crippen molar-refractivity contribution >= 4 is 5.91 Å². The van der Waals surface area contributed by atoms with Gasteiger partial charge in [0.25, 0.3) is 0 Å². The van der Waals surface area contributed by atoms with E-state index in [-0.39, 0.29) is 17.9 Å². The number of carbonyl (C=O) groups excluding carboxylic acids is 1. The third kappa shape index (κ3) is 2.67. The summed E-state index contributed by atoms with van der Waals surface area (Å²) >= 11 is 0. The van der Waals surface area contributed by atoms with E-state index < -0.39 is 0 Å². The van der Waals surface area contributed by atoms with E-state index in [0.29, 0.717) is 26.2 Å². The molecule has 0 aliphatic carbocycles. The molecule has 1 aliphatic heterocycles. The fourth-order valence-corrected chi connectivity index (χ4v) is 1.43. The second-order valence-corrected chi connectivity index (χ2v) is 3.67. The predicted octanol–water partition coefficient (Wildman–Crippen LogP) is -0.171. The summed E-state index contributed by atoms with van der Waals surface area (Å²) in [4.78, 5) is 13.4. The highest BCUT2D eigenvalue weighted by Crippen LogP contribution is 2.08. The summed E-state index contributed by atoms with van der Waals surface area (Å²) in [5.41, 5.74) is 5.48. The molecule has 1 heterocycles. The van der Waals surface area contributed by atoms with Gasteiger partial charge < -0.3 is 15.4 Å². The Morgan fingerprint density at radius 2 is 2.38 bits per heavy atom. The average Bonchev–Trinajstić information content (AvgIpc) is 2.16. The predicted molar refractivity (Wildman–Crippen MR) is 50.2 cm³/mol. The summed E-state index contributed by atoms with van der Waals surface area (Å²) in [6.07, 6.45) is 0.0245. The van der Waals surface area contributed by atoms with Crippen molar-refractivity contribution in [3.8, 4) is 0 Å². The van der Waals surface area contributed by atoms with Crippen molar-refractivity contribution in [2.24, 2.45) is 11.7 Å². The van der Waals surface area contributed by atoms with Crippen LogP contribution in [-0.2, 0) is 9.53 Å². The molecule has 1 aliphatic rings. The van der Waals surface area contributed by atoms with Crippen molar-refractivity contribution in [3.63, 3.8) is 0 Å². The summed E-state index contributed by atoms with van der Waals surface area (Å²) in [7, 11) is 0. The molecule has 0 saturated carbocycles. The Hall–Kier alpha value is -0.610. The smallest absolute Gasteiger partial charge is 0.225 e. The Balaban J connectivity index is 2.46. The number of amides is 1. The lowest BCUT2D eigenvalue weighted by Crippen LogP contribution is -2.49. The normalized spacial score (nSPS) is 23.7. The summed E-state index contributed by atoms with van der Waals surface area (Å²) in [6.45, 7) is 6.27. The molecule has 1 fully saturated rings. The monoisotopic (exact) mass is 186 g/mol. The number of ether oxygens (including phenoxy) is 1. The van der Waals surface area contributed by atoms with Crippen LogP contribution in [0.15, 0.2) is 0 Å². The van der Waals surface area contributed by atoms with E-state index in [1.165, 1.54) is 0 Å². The molecule has 76 valence electrons. The highest BCUT2D eigenvalue weighted by atomic mass is 16.5. The van der Waals surface area contributed by atoms with Gasteiger partial charge in [0.2, 0.25) is 5.91 Å². The topological polar surface area (TPSA) is 55.6 Å². The Labute approximate surface area is 79.0 Å². The summed E-state index contributed by atoms with van der Waals surface area (Å²) < 4.78 is 5.37. The number of nitrogens with zero attached hydrogens (tertiary/aromatic N) is 1. The van der Waals surface area contributed by atoms with E-state index in [4.69, 9.17) is 10.5 Å². The first-order valence-electron chi connectivity index (χ1n) is 4.75. The van der Waals surface area contributed by atoms with Crippen LogP contribution >= 0.6 is 0 Å². The van der Waals surface area contributed by atoms with Crippen molar-refractivity contribution in [2.45, 2.75) is 20.0 Å². The highest BCUT2D eigenvalue weighted by molar-refractivity contribution is 5.78. The molecule has 2 N–H and O–H groups in total. The molecule has 0 aromatic rings. The maximum Gasteiger partial charge on any atom is 0.225 e. The molecule has 1 atom stereocenters. The van der Waals surface area contributed by atoms with E-state index in [1.54, 1.807) is 0 Å². The minimum atomic E-state index is 0.0245. The van der Waals surface area contributed by atoms with Crippen molar-refractivity contribution < 1.29 is 9.53 Å². The molecule has 0 unspecified atom stereocenters. The Morgan fingerprint density at radius 1 is 1.69 bits per heavy atom. The minimum Gasteiger partial charge on any atom is -0.373 e. The van der Waals surface area contributed by atoms with Crippen LogP contribution in [0.25, 0.3) is 0 Å². The first-order valence-corrected chi connectivity index (χ1v) is 4.75. The average molecular weight is 186 g/mol. The van der Waals surface area contributed by atoms with Crippen LogP contribution in [0.3, 0.4) is 0 Å². The Bertz CT molecular complexity index is 182. The van der Waals surface area contributed by atoms with Gasteiger partial charge in [-0.15, -0.1) is 0 Å². The van der Waals surface area contributed by atoms with Crippen LogP contribution in [0.1, 0.15) is 13.8 Å². The lowest BCUT2D eigenvalue weighted by molar-refractivity contribution is -0.141. The summed E-state index contributed by atoms with van der Waals surface area (Å²) in [5.74, 6) is 0.262. The van der Waals surface area contributed by atoms with Crippen LogP contribution < -0.4 is 5.73 Å². The van der Waals surface area contributed by atoms with E-state index >= 15 is 0 Å². The molecular weight excluding hydrogens is 168 g/mol. The van der Waals surface area contributed by atoms with Gasteiger partial charge in [-0.05, 0) is 0 Å². The van der Waals surface area contributed by atoms with Gasteiger partial charge in [0, 0.05) is 25.6 Å². The van der Waals surface area contributed by atoms with E-state index in [0.717, 1.165) is 0 Å². The fourth-order valence-electron chi connectivity index (χ4n) is 1.43. The molecule has 1 rings (SSSR count). The maximum atomic E-state index is 11.6. The number of morpholine rings is 1. The third-order valence-corrected chi connectivity index (χ3v) is 2.21. The molecular formula is C9H18N2O2. The van der Waals surface area contributed by atoms with Crippen LogP contribution in [0.2, 0.25) is 0 Å². The number of nitrogens with two attached hydrogens (primary N) is 1. The molecule has 1 saturated heterocycles. The van der Waals surface area contributed by atoms with E-state index in [9.17, 15) is 4.79 Å². The summed E-state index contributed by atoms with van der Waals surface area (Å²) in [6, 6.07) is 0. The lowest BCUT2D eigenvalue weighted by atomic mass is 10.1. The van der Waals surface area contributed by atoms with Gasteiger partial charge in [0.1, 0.15) is 0 Å². The van der Waals surface area contributed by atoms with Crippen LogP contribution in [0, 0.1) is 5.92 Å². The SMILES string of the molecule is CC(C)C(=O)N1CCO[C@@H](CN)C1. The molecule has 0 bridgehead atoms. The van der Waals surface area contributed by atoms with Crippen molar-refractivity contribution in [1.29, 1.82) is 0 Å². The first-order chi connectivity index (χ1) is 6.15. The maximum absolute atomic E-state index is 11.6. The number of hydrogen-bond acceptors (Lipinski definition) is 3. The molecule has 0 aromatic carbocycles. The van der Waals surface area contributed by atoms with E-state index in [1.807, 2.05) is 18.7 Å². The Kier molecular flexibility index (Phi) is 3.69. The zero-order chi connectivity index (χ0) is 9.84. The zero-order valence-corrected chi connectivity index (χ0v) is 8.32. The molecule has 4 heteroatoms. The largest absolute Gasteiger partial charge is 0.373 e. The van der Waals surface area contributed by atoms with E-state index in [2.05, 4.69) is 0 Å². The third-order valence-electron chi connectivity index (χ3n) is 2.21. The lowest BCUT2D eigenvalue weighted by Gasteiger charge is -2.33. The number of rotatable bonds is 2. The molecule has 13 heavy (non-hydrogen) atoms.